The van der Waals surface area contributed by atoms with Gasteiger partial charge in [0.15, 0.2) is 0 Å². The van der Waals surface area contributed by atoms with Gasteiger partial charge in [-0.05, 0) is 12.8 Å². The van der Waals surface area contributed by atoms with E-state index in [-0.39, 0.29) is 6.04 Å². The topological polar surface area (TPSA) is 39.1 Å². The van der Waals surface area contributed by atoms with Crippen molar-refractivity contribution < 1.29 is 0 Å². The van der Waals surface area contributed by atoms with Gasteiger partial charge in [-0.2, -0.15) is 5.26 Å². The van der Waals surface area contributed by atoms with E-state index in [1.54, 1.807) is 0 Å². The van der Waals surface area contributed by atoms with Crippen LogP contribution in [0.1, 0.15) is 19.8 Å². The van der Waals surface area contributed by atoms with Crippen LogP contribution in [0.15, 0.2) is 0 Å². The largest absolute Gasteiger partial charge is 0.254 e. The van der Waals surface area contributed by atoms with Crippen molar-refractivity contribution in [1.29, 1.82) is 5.26 Å². The normalized spacial score (nSPS) is 22.4. The number of hydrogen-bond donors (Lipinski definition) is 1. The molecule has 0 radical (unpaired) electrons. The Balaban J connectivity index is 2.38. The first kappa shape index (κ1) is 7.52. The Morgan fingerprint density at radius 2 is 2.60 bits per heavy atom. The van der Waals surface area contributed by atoms with Gasteiger partial charge in [-0.3, -0.25) is 5.43 Å². The average Bonchev–Trinajstić information content (AvgIpc) is 2.43. The van der Waals surface area contributed by atoms with Gasteiger partial charge in [0.05, 0.1) is 6.07 Å². The predicted octanol–water partition coefficient (Wildman–Crippen LogP) is 0.499. The SMILES string of the molecule is CCC(C#N)N1CCCN1. The van der Waals surface area contributed by atoms with E-state index in [9.17, 15) is 0 Å². The van der Waals surface area contributed by atoms with Crippen molar-refractivity contribution >= 4 is 0 Å². The summed E-state index contributed by atoms with van der Waals surface area (Å²) in [4.78, 5) is 0. The molecule has 1 aliphatic heterocycles. The fraction of sp³-hybridized carbons (Fsp3) is 0.857. The van der Waals surface area contributed by atoms with Crippen molar-refractivity contribution in [2.24, 2.45) is 0 Å². The summed E-state index contributed by atoms with van der Waals surface area (Å²) in [5.74, 6) is 0. The summed E-state index contributed by atoms with van der Waals surface area (Å²) in [6, 6.07) is 2.33. The lowest BCUT2D eigenvalue weighted by atomic mass is 10.2. The Morgan fingerprint density at radius 3 is 3.00 bits per heavy atom. The van der Waals surface area contributed by atoms with E-state index in [0.717, 1.165) is 25.9 Å². The fourth-order valence-electron chi connectivity index (χ4n) is 1.20. The lowest BCUT2D eigenvalue weighted by Crippen LogP contribution is -2.39. The van der Waals surface area contributed by atoms with E-state index in [4.69, 9.17) is 5.26 Å². The fourth-order valence-corrected chi connectivity index (χ4v) is 1.20. The minimum atomic E-state index is 0.0718. The number of nitrogens with one attached hydrogen (secondary N) is 1. The van der Waals surface area contributed by atoms with Crippen LogP contribution >= 0.6 is 0 Å². The van der Waals surface area contributed by atoms with E-state index < -0.39 is 0 Å². The monoisotopic (exact) mass is 139 g/mol. The highest BCUT2D eigenvalue weighted by atomic mass is 15.5. The van der Waals surface area contributed by atoms with Gasteiger partial charge in [0.25, 0.3) is 0 Å². The molecule has 1 atom stereocenters. The Bertz CT molecular complexity index is 132. The molecule has 0 aromatic rings. The van der Waals surface area contributed by atoms with E-state index in [0.29, 0.717) is 0 Å². The van der Waals surface area contributed by atoms with Gasteiger partial charge < -0.3 is 0 Å². The quantitative estimate of drug-likeness (QED) is 0.605. The Kier molecular flexibility index (Phi) is 2.67. The molecule has 0 amide bonds. The maximum absolute atomic E-state index is 8.65. The number of hydrazine groups is 1. The Hall–Kier alpha value is -0.590. The molecule has 1 rings (SSSR count). The highest BCUT2D eigenvalue weighted by Crippen LogP contribution is 2.04. The minimum absolute atomic E-state index is 0.0718. The molecule has 1 heterocycles. The van der Waals surface area contributed by atoms with Crippen molar-refractivity contribution in [3.05, 3.63) is 0 Å². The first-order valence-electron chi connectivity index (χ1n) is 3.78. The average molecular weight is 139 g/mol. The summed E-state index contributed by atoms with van der Waals surface area (Å²) < 4.78 is 0. The first-order valence-corrected chi connectivity index (χ1v) is 3.78. The van der Waals surface area contributed by atoms with Crippen LogP contribution < -0.4 is 5.43 Å². The molecule has 1 unspecified atom stereocenters. The number of nitriles is 1. The molecule has 0 bridgehead atoms. The minimum Gasteiger partial charge on any atom is -0.254 e. The molecule has 1 aliphatic rings. The molecule has 0 aromatic heterocycles. The van der Waals surface area contributed by atoms with Crippen LogP contribution in [0.3, 0.4) is 0 Å². The van der Waals surface area contributed by atoms with E-state index in [1.807, 2.05) is 11.9 Å². The zero-order valence-electron chi connectivity index (χ0n) is 6.30. The molecular weight excluding hydrogens is 126 g/mol. The van der Waals surface area contributed by atoms with Gasteiger partial charge in [-0.15, -0.1) is 0 Å². The molecule has 1 N–H and O–H groups in total. The van der Waals surface area contributed by atoms with Crippen molar-refractivity contribution in [1.82, 2.24) is 10.4 Å². The van der Waals surface area contributed by atoms with Crippen LogP contribution in [0.4, 0.5) is 0 Å². The summed E-state index contributed by atoms with van der Waals surface area (Å²) in [6.07, 6.45) is 2.07. The van der Waals surface area contributed by atoms with E-state index >= 15 is 0 Å². The second-order valence-electron chi connectivity index (χ2n) is 2.51. The van der Waals surface area contributed by atoms with Crippen LogP contribution in [0, 0.1) is 11.3 Å². The van der Waals surface area contributed by atoms with Crippen LogP contribution in [0.5, 0.6) is 0 Å². The summed E-state index contributed by atoms with van der Waals surface area (Å²) in [6.45, 7) is 4.08. The standard InChI is InChI=1S/C7H13N3/c1-2-7(6-8)10-5-3-4-9-10/h7,9H,2-5H2,1H3. The first-order chi connectivity index (χ1) is 4.88. The molecule has 1 saturated heterocycles. The van der Waals surface area contributed by atoms with Gasteiger partial charge in [0.2, 0.25) is 0 Å². The van der Waals surface area contributed by atoms with E-state index in [1.165, 1.54) is 0 Å². The van der Waals surface area contributed by atoms with Gasteiger partial charge in [0, 0.05) is 13.1 Å². The van der Waals surface area contributed by atoms with Gasteiger partial charge in [-0.25, -0.2) is 5.01 Å². The summed E-state index contributed by atoms with van der Waals surface area (Å²) in [5, 5.41) is 10.7. The van der Waals surface area contributed by atoms with Gasteiger partial charge >= 0.3 is 0 Å². The number of hydrogen-bond acceptors (Lipinski definition) is 3. The molecule has 0 aliphatic carbocycles. The Labute approximate surface area is 61.6 Å². The van der Waals surface area contributed by atoms with Crippen molar-refractivity contribution in [3.8, 4) is 6.07 Å². The third-order valence-electron chi connectivity index (χ3n) is 1.80. The molecule has 3 nitrogen and oxygen atoms in total. The van der Waals surface area contributed by atoms with Crippen molar-refractivity contribution in [3.63, 3.8) is 0 Å². The second kappa shape index (κ2) is 3.55. The molecule has 56 valence electrons. The lowest BCUT2D eigenvalue weighted by molar-refractivity contribution is 0.208. The lowest BCUT2D eigenvalue weighted by Gasteiger charge is -2.19. The molecule has 3 heteroatoms. The maximum Gasteiger partial charge on any atom is 0.111 e. The van der Waals surface area contributed by atoms with Crippen molar-refractivity contribution in [2.75, 3.05) is 13.1 Å². The van der Waals surface area contributed by atoms with E-state index in [2.05, 4.69) is 11.5 Å². The summed E-state index contributed by atoms with van der Waals surface area (Å²) >= 11 is 0. The van der Waals surface area contributed by atoms with Gasteiger partial charge in [0.1, 0.15) is 6.04 Å². The zero-order chi connectivity index (χ0) is 7.40. The van der Waals surface area contributed by atoms with Crippen LogP contribution in [-0.2, 0) is 0 Å². The zero-order valence-corrected chi connectivity index (χ0v) is 6.30. The van der Waals surface area contributed by atoms with Crippen LogP contribution in [0.25, 0.3) is 0 Å². The van der Waals surface area contributed by atoms with Crippen LogP contribution in [0.2, 0.25) is 0 Å². The number of rotatable bonds is 2. The second-order valence-corrected chi connectivity index (χ2v) is 2.51. The third-order valence-corrected chi connectivity index (χ3v) is 1.80. The molecule has 1 fully saturated rings. The molecule has 0 saturated carbocycles. The smallest absolute Gasteiger partial charge is 0.111 e. The van der Waals surface area contributed by atoms with Crippen LogP contribution in [-0.4, -0.2) is 24.1 Å². The highest BCUT2D eigenvalue weighted by Gasteiger charge is 2.18. The highest BCUT2D eigenvalue weighted by molar-refractivity contribution is 4.90. The molecule has 0 spiro atoms. The Morgan fingerprint density at radius 1 is 1.80 bits per heavy atom. The number of nitrogens with zero attached hydrogens (tertiary/aromatic N) is 2. The molecule has 0 aromatic carbocycles. The predicted molar refractivity (Wildman–Crippen MR) is 39.0 cm³/mol. The van der Waals surface area contributed by atoms with Gasteiger partial charge in [-0.1, -0.05) is 6.92 Å². The molecule has 10 heavy (non-hydrogen) atoms. The molecular formula is C7H13N3. The summed E-state index contributed by atoms with van der Waals surface area (Å²) in [7, 11) is 0. The summed E-state index contributed by atoms with van der Waals surface area (Å²) in [5.41, 5.74) is 3.17. The third kappa shape index (κ3) is 1.47. The maximum atomic E-state index is 8.65. The van der Waals surface area contributed by atoms with Crippen molar-refractivity contribution in [2.45, 2.75) is 25.8 Å².